The van der Waals surface area contributed by atoms with Crippen molar-refractivity contribution in [3.63, 3.8) is 0 Å². The molecule has 1 aliphatic rings. The van der Waals surface area contributed by atoms with Gasteiger partial charge in [-0.25, -0.2) is 4.98 Å². The first-order valence-corrected chi connectivity index (χ1v) is 5.99. The fraction of sp³-hybridized carbons (Fsp3) is 0.500. The summed E-state index contributed by atoms with van der Waals surface area (Å²) < 4.78 is 0. The molecule has 5 heteroatoms. The van der Waals surface area contributed by atoms with E-state index in [0.29, 0.717) is 28.9 Å². The van der Waals surface area contributed by atoms with Crippen molar-refractivity contribution in [3.05, 3.63) is 22.8 Å². The first-order valence-electron chi connectivity index (χ1n) is 5.61. The predicted molar refractivity (Wildman–Crippen MR) is 67.8 cm³/mol. The molecule has 4 nitrogen and oxygen atoms in total. The monoisotopic (exact) mass is 250 g/mol. The predicted octanol–water partition coefficient (Wildman–Crippen LogP) is 2.15. The van der Waals surface area contributed by atoms with Crippen LogP contribution in [-0.4, -0.2) is 17.1 Å². The maximum atomic E-state index is 8.70. The summed E-state index contributed by atoms with van der Waals surface area (Å²) >= 11 is 6.02. The van der Waals surface area contributed by atoms with E-state index in [1.54, 1.807) is 6.07 Å². The molecule has 3 N–H and O–H groups in total. The van der Waals surface area contributed by atoms with E-state index < -0.39 is 0 Å². The third kappa shape index (κ3) is 2.87. The zero-order valence-electron chi connectivity index (χ0n) is 9.70. The Hall–Kier alpha value is -1.31. The van der Waals surface area contributed by atoms with Crippen molar-refractivity contribution in [2.45, 2.75) is 25.3 Å². The summed E-state index contributed by atoms with van der Waals surface area (Å²) in [4.78, 5) is 4.11. The fourth-order valence-corrected chi connectivity index (χ4v) is 2.02. The molecule has 1 aliphatic carbocycles. The molecular weight excluding hydrogens is 236 g/mol. The highest BCUT2D eigenvalue weighted by atomic mass is 35.5. The van der Waals surface area contributed by atoms with Crippen molar-refractivity contribution in [1.29, 1.82) is 5.26 Å². The quantitative estimate of drug-likeness (QED) is 0.859. The van der Waals surface area contributed by atoms with Gasteiger partial charge in [0.15, 0.2) is 0 Å². The van der Waals surface area contributed by atoms with Gasteiger partial charge in [-0.05, 0) is 31.7 Å². The lowest BCUT2D eigenvalue weighted by molar-refractivity contribution is 0.431. The summed E-state index contributed by atoms with van der Waals surface area (Å²) in [5.74, 6) is 1.18. The van der Waals surface area contributed by atoms with Crippen LogP contribution in [0.2, 0.25) is 5.02 Å². The minimum absolute atomic E-state index is 0.223. The van der Waals surface area contributed by atoms with Crippen LogP contribution in [0.25, 0.3) is 0 Å². The summed E-state index contributed by atoms with van der Waals surface area (Å²) in [7, 11) is 0. The molecule has 0 aromatic carbocycles. The van der Waals surface area contributed by atoms with Crippen LogP contribution in [0.1, 0.15) is 25.3 Å². The van der Waals surface area contributed by atoms with Crippen LogP contribution >= 0.6 is 11.6 Å². The van der Waals surface area contributed by atoms with Crippen LogP contribution in [0.5, 0.6) is 0 Å². The van der Waals surface area contributed by atoms with Crippen molar-refractivity contribution < 1.29 is 0 Å². The Bertz CT molecular complexity index is 460. The van der Waals surface area contributed by atoms with Gasteiger partial charge in [-0.15, -0.1) is 0 Å². The van der Waals surface area contributed by atoms with Gasteiger partial charge in [0, 0.05) is 18.3 Å². The molecule has 1 aromatic heterocycles. The average Bonchev–Trinajstić information content (AvgIpc) is 3.11. The summed E-state index contributed by atoms with van der Waals surface area (Å²) in [6.07, 6.45) is 3.89. The molecule has 2 rings (SSSR count). The van der Waals surface area contributed by atoms with Gasteiger partial charge in [-0.2, -0.15) is 5.26 Å². The van der Waals surface area contributed by atoms with Gasteiger partial charge in [-0.3, -0.25) is 0 Å². The number of nitriles is 1. The van der Waals surface area contributed by atoms with E-state index in [1.165, 1.54) is 19.0 Å². The summed E-state index contributed by atoms with van der Waals surface area (Å²) in [6.45, 7) is 2.67. The summed E-state index contributed by atoms with van der Waals surface area (Å²) in [5, 5.41) is 12.3. The van der Waals surface area contributed by atoms with Gasteiger partial charge >= 0.3 is 0 Å². The van der Waals surface area contributed by atoms with Crippen molar-refractivity contribution in [2.75, 3.05) is 11.9 Å². The van der Waals surface area contributed by atoms with Crippen LogP contribution in [0, 0.1) is 17.2 Å². The highest BCUT2D eigenvalue weighted by molar-refractivity contribution is 6.33. The molecule has 1 fully saturated rings. The first-order chi connectivity index (χ1) is 8.03. The van der Waals surface area contributed by atoms with Gasteiger partial charge in [0.05, 0.1) is 10.6 Å². The van der Waals surface area contributed by atoms with Gasteiger partial charge in [0.2, 0.25) is 0 Å². The largest absolute Gasteiger partial charge is 0.367 e. The number of halogens is 1. The molecule has 90 valence electrons. The van der Waals surface area contributed by atoms with Crippen LogP contribution < -0.4 is 11.1 Å². The lowest BCUT2D eigenvalue weighted by Gasteiger charge is -2.25. The summed E-state index contributed by atoms with van der Waals surface area (Å²) in [5.41, 5.74) is 6.42. The Kier molecular flexibility index (Phi) is 3.23. The molecular formula is C12H15ClN4. The standard InChI is InChI=1S/C12H15ClN4/c1-12(15,9-2-3-9)7-17-11-10(13)4-8(5-14)6-16-11/h4,6,9H,2-3,7,15H2,1H3,(H,16,17)/t12-/m1/s1. The zero-order valence-corrected chi connectivity index (χ0v) is 10.5. The molecule has 0 aliphatic heterocycles. The minimum atomic E-state index is -0.223. The van der Waals surface area contributed by atoms with Crippen LogP contribution in [0.4, 0.5) is 5.82 Å². The third-order valence-electron chi connectivity index (χ3n) is 3.12. The lowest BCUT2D eigenvalue weighted by Crippen LogP contribution is -2.45. The minimum Gasteiger partial charge on any atom is -0.367 e. The van der Waals surface area contributed by atoms with E-state index >= 15 is 0 Å². The number of nitrogens with one attached hydrogen (secondary N) is 1. The average molecular weight is 251 g/mol. The third-order valence-corrected chi connectivity index (χ3v) is 3.41. The van der Waals surface area contributed by atoms with Crippen molar-refractivity contribution in [3.8, 4) is 6.07 Å². The number of hydrogen-bond acceptors (Lipinski definition) is 4. The van der Waals surface area contributed by atoms with Gasteiger partial charge in [-0.1, -0.05) is 11.6 Å². The highest BCUT2D eigenvalue weighted by Gasteiger charge is 2.38. The second-order valence-corrected chi connectivity index (χ2v) is 5.21. The second-order valence-electron chi connectivity index (χ2n) is 4.80. The number of rotatable bonds is 4. The topological polar surface area (TPSA) is 74.7 Å². The van der Waals surface area contributed by atoms with E-state index in [0.717, 1.165) is 0 Å². The maximum Gasteiger partial charge on any atom is 0.144 e. The first kappa shape index (κ1) is 12.2. The SMILES string of the molecule is C[C@@](N)(CNc1ncc(C#N)cc1Cl)C1CC1. The smallest absolute Gasteiger partial charge is 0.144 e. The number of nitrogens with zero attached hydrogens (tertiary/aromatic N) is 2. The van der Waals surface area contributed by atoms with Crippen molar-refractivity contribution >= 4 is 17.4 Å². The lowest BCUT2D eigenvalue weighted by atomic mass is 9.97. The number of nitrogens with two attached hydrogens (primary N) is 1. The molecule has 17 heavy (non-hydrogen) atoms. The van der Waals surface area contributed by atoms with Gasteiger partial charge in [0.1, 0.15) is 11.9 Å². The fourth-order valence-electron chi connectivity index (χ4n) is 1.79. The molecule has 0 spiro atoms. The van der Waals surface area contributed by atoms with E-state index in [2.05, 4.69) is 10.3 Å². The van der Waals surface area contributed by atoms with E-state index in [9.17, 15) is 0 Å². The maximum absolute atomic E-state index is 8.70. The van der Waals surface area contributed by atoms with Crippen LogP contribution in [-0.2, 0) is 0 Å². The molecule has 0 bridgehead atoms. The Labute approximate surface area is 106 Å². The van der Waals surface area contributed by atoms with Gasteiger partial charge < -0.3 is 11.1 Å². The number of anilines is 1. The zero-order chi connectivity index (χ0) is 12.5. The van der Waals surface area contributed by atoms with E-state index in [4.69, 9.17) is 22.6 Å². The normalized spacial score (nSPS) is 18.2. The van der Waals surface area contributed by atoms with Crippen molar-refractivity contribution in [1.82, 2.24) is 4.98 Å². The van der Waals surface area contributed by atoms with Gasteiger partial charge in [0.25, 0.3) is 0 Å². The van der Waals surface area contributed by atoms with Crippen molar-refractivity contribution in [2.24, 2.45) is 11.7 Å². The molecule has 1 heterocycles. The molecule has 0 unspecified atom stereocenters. The van der Waals surface area contributed by atoms with E-state index in [-0.39, 0.29) is 5.54 Å². The number of aromatic nitrogens is 1. The molecule has 0 amide bonds. The Morgan fingerprint density at radius 2 is 2.41 bits per heavy atom. The molecule has 1 atom stereocenters. The van der Waals surface area contributed by atoms with E-state index in [1.807, 2.05) is 13.0 Å². The number of pyridine rings is 1. The molecule has 0 radical (unpaired) electrons. The Morgan fingerprint density at radius 1 is 1.71 bits per heavy atom. The van der Waals surface area contributed by atoms with Crippen LogP contribution in [0.3, 0.4) is 0 Å². The molecule has 1 aromatic rings. The highest BCUT2D eigenvalue weighted by Crippen LogP contribution is 2.38. The molecule has 0 saturated heterocycles. The Morgan fingerprint density at radius 3 is 2.94 bits per heavy atom. The number of hydrogen-bond donors (Lipinski definition) is 2. The van der Waals surface area contributed by atoms with Crippen LogP contribution in [0.15, 0.2) is 12.3 Å². The Balaban J connectivity index is 2.02. The summed E-state index contributed by atoms with van der Waals surface area (Å²) in [6, 6.07) is 3.60. The second kappa shape index (κ2) is 4.52. The molecule has 1 saturated carbocycles.